The van der Waals surface area contributed by atoms with Gasteiger partial charge in [-0.25, -0.2) is 34.7 Å². The van der Waals surface area contributed by atoms with Crippen molar-refractivity contribution in [2.75, 3.05) is 20.8 Å². The Morgan fingerprint density at radius 1 is 0.667 bits per heavy atom. The van der Waals surface area contributed by atoms with E-state index in [0.29, 0.717) is 78.7 Å². The number of hydrogen-bond donors (Lipinski definition) is 3. The van der Waals surface area contributed by atoms with Crippen molar-refractivity contribution in [3.8, 4) is 58.0 Å². The summed E-state index contributed by atoms with van der Waals surface area (Å²) >= 11 is 0. The molecule has 0 aliphatic carbocycles. The Hall–Kier alpha value is -8.44. The maximum Gasteiger partial charge on any atom is 0.357 e. The Kier molecular flexibility index (Phi) is 13.2. The Morgan fingerprint density at radius 2 is 1.12 bits per heavy atom. The molecule has 4 N–H and O–H groups in total. The fourth-order valence-electron chi connectivity index (χ4n) is 6.40. The highest BCUT2D eigenvalue weighted by atomic mass is 16.5. The molecule has 0 bridgehead atoms. The van der Waals surface area contributed by atoms with Gasteiger partial charge < -0.3 is 39.0 Å². The number of amides is 1. The molecular formula is C50H43N7O9. The van der Waals surface area contributed by atoms with E-state index in [2.05, 4.69) is 53.6 Å². The van der Waals surface area contributed by atoms with Gasteiger partial charge in [0, 0.05) is 45.2 Å². The van der Waals surface area contributed by atoms with E-state index in [1.54, 1.807) is 114 Å². The summed E-state index contributed by atoms with van der Waals surface area (Å²) in [6.45, 7) is 8.47. The Balaban J connectivity index is 0.000000197. The van der Waals surface area contributed by atoms with E-state index >= 15 is 0 Å². The number of aliphatic hydroxyl groups is 2. The quantitative estimate of drug-likeness (QED) is 0.0979. The van der Waals surface area contributed by atoms with Crippen LogP contribution in [-0.4, -0.2) is 72.8 Å². The van der Waals surface area contributed by atoms with Crippen LogP contribution in [0.25, 0.3) is 44.6 Å². The molecule has 0 aliphatic rings. The number of fused-ring (bicyclic) bond motifs is 2. The molecular weight excluding hydrogens is 843 g/mol. The second-order valence-corrected chi connectivity index (χ2v) is 15.0. The van der Waals surface area contributed by atoms with E-state index in [1.165, 1.54) is 26.2 Å². The standard InChI is InChI=1S/C26H23N3O5.C24H20N4O4/c1-5-33-24(30)22-20-10-9-19(32-4)14-21(20)28-23(29-22)18-8-6-7-17(13-18)11-12-26(3,31)25-27-15-16(2)34-25;1-14-13-26-23(32-14)24(2,30)10-9-15-5-4-6-16(11-15)22-27-19-12-17(31-3)7-8-18(19)20(28-22)21(25)29/h6-10,13-15,31H,5H2,1-4H3;4-8,11-13,30H,1-3H3,(H2,25,29)/t26-;24-/m00/s1. The number of oxazole rings is 2. The topological polar surface area (TPSA) is 232 Å². The predicted molar refractivity (Wildman–Crippen MR) is 243 cm³/mol. The highest BCUT2D eigenvalue weighted by Crippen LogP contribution is 2.28. The summed E-state index contributed by atoms with van der Waals surface area (Å²) in [5, 5.41) is 22.3. The van der Waals surface area contributed by atoms with E-state index in [0.717, 1.165) is 0 Å². The summed E-state index contributed by atoms with van der Waals surface area (Å²) in [6, 6.07) is 24.7. The van der Waals surface area contributed by atoms with E-state index in [9.17, 15) is 19.8 Å². The number of methoxy groups -OCH3 is 2. The number of nitrogens with zero attached hydrogens (tertiary/aromatic N) is 6. The number of hydrogen-bond acceptors (Lipinski definition) is 15. The molecule has 4 aromatic carbocycles. The molecule has 8 aromatic rings. The van der Waals surface area contributed by atoms with Crippen LogP contribution in [0.5, 0.6) is 11.5 Å². The molecule has 332 valence electrons. The van der Waals surface area contributed by atoms with Crippen molar-refractivity contribution in [3.05, 3.63) is 143 Å². The first-order valence-corrected chi connectivity index (χ1v) is 20.3. The third kappa shape index (κ3) is 10.3. The summed E-state index contributed by atoms with van der Waals surface area (Å²) in [5.74, 6) is 13.5. The fraction of sp³-hybridized carbons (Fsp3) is 0.200. The number of carbonyl (C=O) groups excluding carboxylic acids is 2. The highest BCUT2D eigenvalue weighted by molar-refractivity contribution is 6.04. The van der Waals surface area contributed by atoms with Gasteiger partial charge in [0.1, 0.15) is 28.7 Å². The molecule has 0 saturated carbocycles. The van der Waals surface area contributed by atoms with Crippen molar-refractivity contribution in [1.82, 2.24) is 29.9 Å². The van der Waals surface area contributed by atoms with Crippen LogP contribution < -0.4 is 15.2 Å². The maximum atomic E-state index is 12.6. The molecule has 66 heavy (non-hydrogen) atoms. The molecule has 2 atom stereocenters. The number of benzene rings is 4. The van der Waals surface area contributed by atoms with Gasteiger partial charge in [0.2, 0.25) is 11.8 Å². The van der Waals surface area contributed by atoms with Gasteiger partial charge >= 0.3 is 5.97 Å². The van der Waals surface area contributed by atoms with Gasteiger partial charge in [-0.15, -0.1) is 0 Å². The molecule has 4 aromatic heterocycles. The molecule has 16 nitrogen and oxygen atoms in total. The molecule has 0 spiro atoms. The summed E-state index contributed by atoms with van der Waals surface area (Å²) in [6.07, 6.45) is 3.05. The molecule has 0 radical (unpaired) electrons. The SMILES string of the molecule is CCOC(=O)c1nc(-c2cccc(C#C[C@](C)(O)c3ncc(C)o3)c2)nc2cc(OC)ccc12.COc1ccc2c(C(N)=O)nc(-c3cccc(C#C[C@](C)(O)c4ncc(C)o4)c3)nc2c1. The number of primary amides is 1. The number of esters is 1. The lowest BCUT2D eigenvalue weighted by molar-refractivity contribution is 0.0521. The van der Waals surface area contributed by atoms with Crippen molar-refractivity contribution in [1.29, 1.82) is 0 Å². The lowest BCUT2D eigenvalue weighted by Gasteiger charge is -2.11. The summed E-state index contributed by atoms with van der Waals surface area (Å²) < 4.78 is 26.6. The summed E-state index contributed by atoms with van der Waals surface area (Å²) in [4.78, 5) is 50.8. The van der Waals surface area contributed by atoms with Crippen molar-refractivity contribution in [2.45, 2.75) is 45.8 Å². The zero-order chi connectivity index (χ0) is 47.2. The first-order chi connectivity index (χ1) is 31.6. The zero-order valence-electron chi connectivity index (χ0n) is 37.0. The summed E-state index contributed by atoms with van der Waals surface area (Å²) in [7, 11) is 3.11. The predicted octanol–water partition coefficient (Wildman–Crippen LogP) is 7.00. The third-order valence-electron chi connectivity index (χ3n) is 9.73. The van der Waals surface area contributed by atoms with E-state index < -0.39 is 23.1 Å². The average molecular weight is 886 g/mol. The van der Waals surface area contributed by atoms with Gasteiger partial charge in [-0.1, -0.05) is 47.9 Å². The number of ether oxygens (including phenoxy) is 3. The monoisotopic (exact) mass is 885 g/mol. The van der Waals surface area contributed by atoms with Crippen LogP contribution in [-0.2, 0) is 15.9 Å². The molecule has 1 amide bonds. The molecule has 0 unspecified atom stereocenters. The van der Waals surface area contributed by atoms with Crippen LogP contribution in [0.3, 0.4) is 0 Å². The normalized spacial score (nSPS) is 12.6. The average Bonchev–Trinajstić information content (AvgIpc) is 3.98. The Morgan fingerprint density at radius 3 is 1.53 bits per heavy atom. The highest BCUT2D eigenvalue weighted by Gasteiger charge is 2.27. The molecule has 0 aliphatic heterocycles. The zero-order valence-corrected chi connectivity index (χ0v) is 37.0. The summed E-state index contributed by atoms with van der Waals surface area (Å²) in [5.41, 5.74) is 6.32. The minimum Gasteiger partial charge on any atom is -0.497 e. The van der Waals surface area contributed by atoms with Gasteiger partial charge in [0.05, 0.1) is 44.3 Å². The van der Waals surface area contributed by atoms with Gasteiger partial charge in [-0.2, -0.15) is 0 Å². The number of aromatic nitrogens is 6. The smallest absolute Gasteiger partial charge is 0.357 e. The van der Waals surface area contributed by atoms with Crippen molar-refractivity contribution >= 4 is 33.7 Å². The van der Waals surface area contributed by atoms with Gasteiger partial charge in [0.25, 0.3) is 5.91 Å². The van der Waals surface area contributed by atoms with E-state index in [1.807, 2.05) is 6.07 Å². The Bertz CT molecular complexity index is 3260. The molecule has 16 heteroatoms. The molecule has 0 fully saturated rings. The molecule has 8 rings (SSSR count). The lowest BCUT2D eigenvalue weighted by Crippen LogP contribution is -2.18. The first-order valence-electron chi connectivity index (χ1n) is 20.3. The number of aryl methyl sites for hydroxylation is 2. The number of nitrogens with two attached hydrogens (primary N) is 1. The van der Waals surface area contributed by atoms with Crippen LogP contribution >= 0.6 is 0 Å². The minimum absolute atomic E-state index is 0.117. The van der Waals surface area contributed by atoms with Crippen LogP contribution in [0.2, 0.25) is 0 Å². The number of rotatable bonds is 9. The number of carbonyl (C=O) groups is 2. The van der Waals surface area contributed by atoms with E-state index in [4.69, 9.17) is 28.8 Å². The molecule has 0 saturated heterocycles. The van der Waals surface area contributed by atoms with Crippen molar-refractivity contribution in [2.24, 2.45) is 5.73 Å². The third-order valence-corrected chi connectivity index (χ3v) is 9.73. The lowest BCUT2D eigenvalue weighted by atomic mass is 10.1. The Labute approximate surface area is 378 Å². The van der Waals surface area contributed by atoms with E-state index in [-0.39, 0.29) is 29.8 Å². The minimum atomic E-state index is -1.56. The fourth-order valence-corrected chi connectivity index (χ4v) is 6.40. The maximum absolute atomic E-state index is 12.6. The largest absolute Gasteiger partial charge is 0.497 e. The van der Waals surface area contributed by atoms with Crippen LogP contribution in [0, 0.1) is 37.5 Å². The van der Waals surface area contributed by atoms with Crippen LogP contribution in [0.4, 0.5) is 0 Å². The van der Waals surface area contributed by atoms with Crippen molar-refractivity contribution < 1.29 is 42.8 Å². The van der Waals surface area contributed by atoms with Crippen molar-refractivity contribution in [3.63, 3.8) is 0 Å². The van der Waals surface area contributed by atoms with Crippen LogP contribution in [0.1, 0.15) is 76.2 Å². The molecule has 4 heterocycles. The first kappa shape index (κ1) is 45.6. The second kappa shape index (κ2) is 19.1. The van der Waals surface area contributed by atoms with Gasteiger partial charge in [-0.05, 0) is 83.1 Å². The van der Waals surface area contributed by atoms with Gasteiger partial charge in [-0.3, -0.25) is 4.79 Å². The van der Waals surface area contributed by atoms with Gasteiger partial charge in [0.15, 0.2) is 28.5 Å². The van der Waals surface area contributed by atoms with Crippen LogP contribution in [0.15, 0.2) is 106 Å². The second-order valence-electron chi connectivity index (χ2n) is 15.0.